The molecule has 48 heavy (non-hydrogen) atoms. The summed E-state index contributed by atoms with van der Waals surface area (Å²) in [6.45, 7) is 12.9. The number of benzene rings is 1. The maximum absolute atomic E-state index is 13.5. The lowest BCUT2D eigenvalue weighted by atomic mass is 9.73. The fourth-order valence-electron chi connectivity index (χ4n) is 7.11. The van der Waals surface area contributed by atoms with Gasteiger partial charge in [0.1, 0.15) is 6.04 Å². The third-order valence-electron chi connectivity index (χ3n) is 10.3. The minimum atomic E-state index is -0.910. The van der Waals surface area contributed by atoms with Crippen LogP contribution in [0, 0.1) is 17.8 Å². The van der Waals surface area contributed by atoms with Gasteiger partial charge in [-0.15, -0.1) is 11.3 Å². The normalized spacial score (nSPS) is 20.2. The Hall–Kier alpha value is -3.78. The third kappa shape index (κ3) is 8.81. The number of aliphatic imine (C=N–C) groups is 1. The molecule has 0 radical (unpaired) electrons. The molecular weight excluding hydrogens is 619 g/mol. The summed E-state index contributed by atoms with van der Waals surface area (Å²) >= 11 is 1.42. The van der Waals surface area contributed by atoms with Crippen LogP contribution in [-0.2, 0) is 21.4 Å². The van der Waals surface area contributed by atoms with Crippen molar-refractivity contribution in [2.75, 3.05) is 13.1 Å². The topological polar surface area (TPSA) is 99.1 Å². The molecule has 7 nitrogen and oxygen atoms in total. The molecule has 0 bridgehead atoms. The van der Waals surface area contributed by atoms with E-state index in [-0.39, 0.29) is 36.7 Å². The molecule has 1 aromatic carbocycles. The predicted molar refractivity (Wildman–Crippen MR) is 195 cm³/mol. The number of nitrogens with one attached hydrogen (secondary N) is 1. The lowest BCUT2D eigenvalue weighted by molar-refractivity contribution is -0.153. The van der Waals surface area contributed by atoms with Crippen molar-refractivity contribution in [2.24, 2.45) is 22.7 Å². The number of likely N-dealkylation sites (tertiary alicyclic amines) is 1. The van der Waals surface area contributed by atoms with E-state index in [0.717, 1.165) is 39.8 Å². The van der Waals surface area contributed by atoms with E-state index in [1.165, 1.54) is 66.8 Å². The molecule has 5 rings (SSSR count). The van der Waals surface area contributed by atoms with E-state index in [4.69, 9.17) is 4.99 Å². The van der Waals surface area contributed by atoms with Crippen LogP contribution in [0.5, 0.6) is 0 Å². The van der Waals surface area contributed by atoms with Gasteiger partial charge >= 0.3 is 5.97 Å². The molecule has 256 valence electrons. The number of carboxylic acids is 1. The van der Waals surface area contributed by atoms with E-state index in [1.54, 1.807) is 6.07 Å². The molecule has 1 aromatic heterocycles. The van der Waals surface area contributed by atoms with Crippen molar-refractivity contribution in [3.8, 4) is 0 Å². The van der Waals surface area contributed by atoms with Crippen LogP contribution in [0.15, 0.2) is 71.3 Å². The summed E-state index contributed by atoms with van der Waals surface area (Å²) in [6.07, 6.45) is 17.3. The first-order chi connectivity index (χ1) is 22.9. The van der Waals surface area contributed by atoms with Gasteiger partial charge in [0, 0.05) is 30.6 Å². The summed E-state index contributed by atoms with van der Waals surface area (Å²) in [6, 6.07) is 10.7. The number of aliphatic carboxylic acids is 1. The number of carboxylic acid groups (broad SMARTS) is 1. The molecule has 3 aliphatic rings. The van der Waals surface area contributed by atoms with Gasteiger partial charge in [-0.2, -0.15) is 0 Å². The van der Waals surface area contributed by atoms with Gasteiger partial charge in [0.05, 0.1) is 16.5 Å². The summed E-state index contributed by atoms with van der Waals surface area (Å²) in [7, 11) is 0. The molecular formula is C40H51N3O4S. The number of hydrogen-bond donors (Lipinski definition) is 2. The van der Waals surface area contributed by atoms with Gasteiger partial charge in [-0.05, 0) is 77.8 Å². The second kappa shape index (κ2) is 15.6. The molecule has 2 aromatic rings. The Bertz CT molecular complexity index is 1580. The van der Waals surface area contributed by atoms with Gasteiger partial charge in [-0.25, -0.2) is 0 Å². The largest absolute Gasteiger partial charge is 0.481 e. The Morgan fingerprint density at radius 2 is 1.75 bits per heavy atom. The molecule has 8 heteroatoms. The Kier molecular flexibility index (Phi) is 11.6. The number of rotatable bonds is 11. The molecule has 2 fully saturated rings. The monoisotopic (exact) mass is 669 g/mol. The first kappa shape index (κ1) is 35.5. The first-order valence-corrected chi connectivity index (χ1v) is 18.4. The molecule has 0 spiro atoms. The van der Waals surface area contributed by atoms with Crippen molar-refractivity contribution in [2.45, 2.75) is 96.9 Å². The number of hydrogen-bond acceptors (Lipinski definition) is 5. The fraction of sp³-hybridized carbons (Fsp3) is 0.500. The Morgan fingerprint density at radius 3 is 2.33 bits per heavy atom. The predicted octanol–water partition coefficient (Wildman–Crippen LogP) is 8.22. The zero-order valence-corrected chi connectivity index (χ0v) is 29.8. The van der Waals surface area contributed by atoms with Crippen molar-refractivity contribution in [3.05, 3.63) is 87.2 Å². The Balaban J connectivity index is 1.22. The van der Waals surface area contributed by atoms with Crippen LogP contribution in [0.4, 0.5) is 0 Å². The van der Waals surface area contributed by atoms with E-state index in [9.17, 15) is 19.5 Å². The molecule has 2 aliphatic carbocycles. The minimum absolute atomic E-state index is 0.0863. The number of thiophene rings is 1. The van der Waals surface area contributed by atoms with E-state index >= 15 is 0 Å². The number of nitrogens with zero attached hydrogens (tertiary/aromatic N) is 2. The average molecular weight is 670 g/mol. The summed E-state index contributed by atoms with van der Waals surface area (Å²) in [4.78, 5) is 46.0. The van der Waals surface area contributed by atoms with Crippen molar-refractivity contribution in [1.82, 2.24) is 10.2 Å². The van der Waals surface area contributed by atoms with Crippen molar-refractivity contribution >= 4 is 41.0 Å². The maximum atomic E-state index is 13.5. The molecule has 1 unspecified atom stereocenters. The number of amides is 2. The molecule has 2 atom stereocenters. The van der Waals surface area contributed by atoms with Crippen LogP contribution in [0.2, 0.25) is 0 Å². The van der Waals surface area contributed by atoms with E-state index < -0.39 is 17.9 Å². The van der Waals surface area contributed by atoms with Crippen molar-refractivity contribution in [3.63, 3.8) is 0 Å². The van der Waals surface area contributed by atoms with Crippen molar-refractivity contribution < 1.29 is 19.5 Å². The molecule has 2 N–H and O–H groups in total. The van der Waals surface area contributed by atoms with Crippen LogP contribution < -0.4 is 5.32 Å². The van der Waals surface area contributed by atoms with Crippen LogP contribution in [-0.4, -0.2) is 53.1 Å². The van der Waals surface area contributed by atoms with Gasteiger partial charge in [0.15, 0.2) is 0 Å². The molecule has 1 saturated heterocycles. The van der Waals surface area contributed by atoms with E-state index in [0.29, 0.717) is 10.6 Å². The van der Waals surface area contributed by atoms with Crippen molar-refractivity contribution in [1.29, 1.82) is 0 Å². The highest BCUT2D eigenvalue weighted by Crippen LogP contribution is 2.39. The van der Waals surface area contributed by atoms with Crippen LogP contribution >= 0.6 is 11.3 Å². The van der Waals surface area contributed by atoms with Gasteiger partial charge in [0.2, 0.25) is 5.91 Å². The summed E-state index contributed by atoms with van der Waals surface area (Å²) in [5.41, 5.74) is 4.86. The summed E-state index contributed by atoms with van der Waals surface area (Å²) in [5, 5.41) is 12.3. The molecule has 1 aliphatic heterocycles. The zero-order chi connectivity index (χ0) is 34.4. The van der Waals surface area contributed by atoms with Gasteiger partial charge in [-0.1, -0.05) is 95.9 Å². The molecule has 2 amide bonds. The summed E-state index contributed by atoms with van der Waals surface area (Å²) in [5.74, 6) is -0.335. The Labute approximate surface area is 289 Å². The third-order valence-corrected chi connectivity index (χ3v) is 11.8. The standard InChI is InChI=1S/C40H51N3O4S/c1-6-28(31-16-18-32(19-17-31)30-10-8-7-9-11-30)23-41-26(2)29-14-12-27(13-15-29)22-34(38(45)43-24-33(25-43)39(46)47)42-37(44)35-20-21-36(48-35)40(3,4)5/h6,12-16,20-21,23,30,32-34H,2,7-11,17-19,22,24-25H2,1,3-5H3,(H,42,44)(H,46,47)/b28-6+,41-23-/t32?,34-/m0/s1. The van der Waals surface area contributed by atoms with Crippen LogP contribution in [0.1, 0.15) is 105 Å². The van der Waals surface area contributed by atoms with Gasteiger partial charge in [0.25, 0.3) is 5.91 Å². The molecule has 1 saturated carbocycles. The lowest BCUT2D eigenvalue weighted by Crippen LogP contribution is -2.59. The van der Waals surface area contributed by atoms with Crippen LogP contribution in [0.25, 0.3) is 5.70 Å². The highest BCUT2D eigenvalue weighted by atomic mass is 32.1. The quantitative estimate of drug-likeness (QED) is 0.236. The maximum Gasteiger partial charge on any atom is 0.310 e. The highest BCUT2D eigenvalue weighted by molar-refractivity contribution is 7.14. The van der Waals surface area contributed by atoms with Gasteiger partial charge in [-0.3, -0.25) is 19.4 Å². The lowest BCUT2D eigenvalue weighted by Gasteiger charge is -2.38. The summed E-state index contributed by atoms with van der Waals surface area (Å²) < 4.78 is 0. The number of carbonyl (C=O) groups is 3. The smallest absolute Gasteiger partial charge is 0.310 e. The number of allylic oxidation sites excluding steroid dienone is 4. The minimum Gasteiger partial charge on any atom is -0.481 e. The number of carbonyl (C=O) groups excluding carboxylic acids is 2. The van der Waals surface area contributed by atoms with Crippen LogP contribution in [0.3, 0.4) is 0 Å². The second-order valence-corrected chi connectivity index (χ2v) is 15.8. The molecule has 2 heterocycles. The van der Waals surface area contributed by atoms with E-state index in [2.05, 4.69) is 51.7 Å². The Morgan fingerprint density at radius 1 is 1.04 bits per heavy atom. The average Bonchev–Trinajstić information content (AvgIpc) is 3.57. The fourth-order valence-corrected chi connectivity index (χ4v) is 8.08. The first-order valence-electron chi connectivity index (χ1n) is 17.5. The SMILES string of the molecule is C=C(/N=C\C(=C/C)C1=CCC(C2CCCCC2)CC1)c1ccc(C[C@H](NC(=O)c2ccc(C(C)(C)C)s2)C(=O)N2CC(C(=O)O)C2)cc1. The zero-order valence-electron chi connectivity index (χ0n) is 29.0. The van der Waals surface area contributed by atoms with Gasteiger partial charge < -0.3 is 15.3 Å². The van der Waals surface area contributed by atoms with E-state index in [1.807, 2.05) is 36.5 Å². The highest BCUT2D eigenvalue weighted by Gasteiger charge is 2.39. The second-order valence-electron chi connectivity index (χ2n) is 14.7.